The molecular weight excluding hydrogens is 255 g/mol. The molecule has 1 aromatic carbocycles. The van der Waals surface area contributed by atoms with Gasteiger partial charge in [0, 0.05) is 0 Å². The molecule has 0 bridgehead atoms. The third kappa shape index (κ3) is 5.95. The molecule has 1 unspecified atom stereocenters. The summed E-state index contributed by atoms with van der Waals surface area (Å²) < 4.78 is 10.4. The normalized spacial score (nSPS) is 12.7. The van der Waals surface area contributed by atoms with E-state index in [1.54, 1.807) is 7.11 Å². The van der Waals surface area contributed by atoms with E-state index in [1.807, 2.05) is 6.92 Å². The van der Waals surface area contributed by atoms with Crippen molar-refractivity contribution in [1.82, 2.24) is 0 Å². The van der Waals surface area contributed by atoms with Crippen LogP contribution in [0.1, 0.15) is 12.5 Å². The van der Waals surface area contributed by atoms with Crippen LogP contribution in [0.2, 0.25) is 5.32 Å². The van der Waals surface area contributed by atoms with E-state index >= 15 is 0 Å². The summed E-state index contributed by atoms with van der Waals surface area (Å²) in [5, 5.41) is 2.34. The first-order chi connectivity index (χ1) is 7.33. The van der Waals surface area contributed by atoms with Crippen molar-refractivity contribution in [2.24, 2.45) is 0 Å². The van der Waals surface area contributed by atoms with Gasteiger partial charge < -0.3 is 0 Å². The van der Waals surface area contributed by atoms with Gasteiger partial charge in [-0.2, -0.15) is 0 Å². The minimum absolute atomic E-state index is 0.0717. The number of benzene rings is 1. The molecule has 0 fully saturated rings. The molecule has 0 saturated heterocycles. The first-order valence-corrected chi connectivity index (χ1v) is 7.51. The van der Waals surface area contributed by atoms with Crippen molar-refractivity contribution in [1.29, 1.82) is 0 Å². The van der Waals surface area contributed by atoms with Gasteiger partial charge >= 0.3 is 97.9 Å². The number of hydrogen-bond acceptors (Lipinski definition) is 2. The average Bonchev–Trinajstić information content (AvgIpc) is 2.29. The Kier molecular flexibility index (Phi) is 6.69. The van der Waals surface area contributed by atoms with Crippen LogP contribution in [0.4, 0.5) is 0 Å². The first kappa shape index (κ1) is 12.7. The second-order valence-corrected chi connectivity index (χ2v) is 5.53. The fourth-order valence-corrected chi connectivity index (χ4v) is 2.76. The zero-order chi connectivity index (χ0) is 10.9. The molecule has 0 N–H and O–H groups in total. The van der Waals surface area contributed by atoms with Gasteiger partial charge in [-0.05, 0) is 0 Å². The number of hydrogen-bond donors (Lipinski definition) is 0. The fraction of sp³-hybridized carbons (Fsp3) is 0.500. The summed E-state index contributed by atoms with van der Waals surface area (Å²) in [5.74, 6) is 0. The molecule has 1 rings (SSSR count). The van der Waals surface area contributed by atoms with Gasteiger partial charge in [-0.3, -0.25) is 0 Å². The van der Waals surface area contributed by atoms with Crippen molar-refractivity contribution in [2.45, 2.75) is 23.9 Å². The zero-order valence-electron chi connectivity index (χ0n) is 9.31. The van der Waals surface area contributed by atoms with Gasteiger partial charge in [0.1, 0.15) is 0 Å². The van der Waals surface area contributed by atoms with E-state index < -0.39 is 0 Å². The Morgan fingerprint density at radius 2 is 2.00 bits per heavy atom. The summed E-state index contributed by atoms with van der Waals surface area (Å²) in [6, 6.07) is 10.6. The number of ether oxygens (including phenoxy) is 2. The van der Waals surface area contributed by atoms with Crippen molar-refractivity contribution >= 4 is 15.0 Å². The molecule has 0 radical (unpaired) electrons. The predicted octanol–water partition coefficient (Wildman–Crippen LogP) is 2.32. The Morgan fingerprint density at radius 1 is 1.27 bits per heavy atom. The molecule has 0 aliphatic rings. The molecule has 0 aliphatic heterocycles. The Balaban J connectivity index is 2.03. The van der Waals surface area contributed by atoms with Crippen LogP contribution in [0.3, 0.4) is 0 Å². The van der Waals surface area contributed by atoms with Crippen LogP contribution in [0.5, 0.6) is 0 Å². The Hall–Kier alpha value is -0.341. The van der Waals surface area contributed by atoms with Crippen molar-refractivity contribution in [3.63, 3.8) is 0 Å². The summed E-state index contributed by atoms with van der Waals surface area (Å²) in [6.45, 7) is 2.73. The summed E-state index contributed by atoms with van der Waals surface area (Å²) >= 11 is 0.634. The standard InChI is InChI=1S/C12H18O2Se/c1-11(13-2)14-8-9-15-10-12-6-4-3-5-7-12/h3-7,11H,8-10H2,1-2H3. The molecule has 0 amide bonds. The predicted molar refractivity (Wildman–Crippen MR) is 63.1 cm³/mol. The molecule has 15 heavy (non-hydrogen) atoms. The summed E-state index contributed by atoms with van der Waals surface area (Å²) in [5.41, 5.74) is 1.43. The van der Waals surface area contributed by atoms with E-state index in [1.165, 1.54) is 10.9 Å². The minimum atomic E-state index is -0.0717. The Bertz CT molecular complexity index is 251. The first-order valence-electron chi connectivity index (χ1n) is 5.09. The Labute approximate surface area is 98.1 Å². The summed E-state index contributed by atoms with van der Waals surface area (Å²) in [6.07, 6.45) is -0.0717. The van der Waals surface area contributed by atoms with E-state index in [9.17, 15) is 0 Å². The molecule has 0 heterocycles. The number of methoxy groups -OCH3 is 1. The molecule has 2 nitrogen and oxygen atoms in total. The van der Waals surface area contributed by atoms with Gasteiger partial charge in [-0.1, -0.05) is 0 Å². The molecule has 0 aromatic heterocycles. The third-order valence-electron chi connectivity index (χ3n) is 2.02. The van der Waals surface area contributed by atoms with Crippen LogP contribution in [0.25, 0.3) is 0 Å². The van der Waals surface area contributed by atoms with Gasteiger partial charge in [0.05, 0.1) is 0 Å². The second-order valence-electron chi connectivity index (χ2n) is 3.21. The van der Waals surface area contributed by atoms with Crippen LogP contribution in [-0.2, 0) is 14.8 Å². The maximum absolute atomic E-state index is 5.42. The van der Waals surface area contributed by atoms with Gasteiger partial charge in [0.25, 0.3) is 0 Å². The molecule has 84 valence electrons. The maximum atomic E-state index is 5.42. The summed E-state index contributed by atoms with van der Waals surface area (Å²) in [7, 11) is 1.67. The quantitative estimate of drug-likeness (QED) is 0.431. The van der Waals surface area contributed by atoms with Crippen LogP contribution in [-0.4, -0.2) is 35.0 Å². The van der Waals surface area contributed by atoms with E-state index in [4.69, 9.17) is 9.47 Å². The van der Waals surface area contributed by atoms with Gasteiger partial charge in [-0.15, -0.1) is 0 Å². The Morgan fingerprint density at radius 3 is 2.67 bits per heavy atom. The van der Waals surface area contributed by atoms with E-state index in [2.05, 4.69) is 30.3 Å². The van der Waals surface area contributed by atoms with Crippen LogP contribution >= 0.6 is 0 Å². The number of rotatable bonds is 7. The molecule has 0 spiro atoms. The van der Waals surface area contributed by atoms with Gasteiger partial charge in [-0.25, -0.2) is 0 Å². The SMILES string of the molecule is COC(C)OCC[Se]Cc1ccccc1. The van der Waals surface area contributed by atoms with Crippen molar-refractivity contribution < 1.29 is 9.47 Å². The van der Waals surface area contributed by atoms with Gasteiger partial charge in [0.15, 0.2) is 0 Å². The van der Waals surface area contributed by atoms with E-state index in [0.29, 0.717) is 15.0 Å². The molecule has 0 aliphatic carbocycles. The topological polar surface area (TPSA) is 18.5 Å². The van der Waals surface area contributed by atoms with Crippen molar-refractivity contribution in [3.05, 3.63) is 35.9 Å². The fourth-order valence-electron chi connectivity index (χ4n) is 1.11. The molecule has 3 heteroatoms. The molecular formula is C12H18O2Se. The van der Waals surface area contributed by atoms with E-state index in [0.717, 1.165) is 11.9 Å². The third-order valence-corrected chi connectivity index (χ3v) is 4.11. The summed E-state index contributed by atoms with van der Waals surface area (Å²) in [4.78, 5) is 0. The monoisotopic (exact) mass is 274 g/mol. The van der Waals surface area contributed by atoms with Crippen LogP contribution < -0.4 is 0 Å². The van der Waals surface area contributed by atoms with Crippen molar-refractivity contribution in [2.75, 3.05) is 13.7 Å². The van der Waals surface area contributed by atoms with Crippen LogP contribution in [0, 0.1) is 0 Å². The molecule has 1 atom stereocenters. The van der Waals surface area contributed by atoms with Crippen LogP contribution in [0.15, 0.2) is 30.3 Å². The van der Waals surface area contributed by atoms with Crippen molar-refractivity contribution in [3.8, 4) is 0 Å². The zero-order valence-corrected chi connectivity index (χ0v) is 11.0. The second kappa shape index (κ2) is 7.89. The molecule has 0 saturated carbocycles. The van der Waals surface area contributed by atoms with Gasteiger partial charge in [0.2, 0.25) is 0 Å². The average molecular weight is 273 g/mol. The van der Waals surface area contributed by atoms with E-state index in [-0.39, 0.29) is 6.29 Å². The molecule has 1 aromatic rings.